The first kappa shape index (κ1) is 5.54. The second-order valence-electron chi connectivity index (χ2n) is 1.39. The van der Waals surface area contributed by atoms with Gasteiger partial charge in [0.2, 0.25) is 11.8 Å². The van der Waals surface area contributed by atoms with Gasteiger partial charge in [-0.05, 0) is 0 Å². The molecule has 0 bridgehead atoms. The van der Waals surface area contributed by atoms with Crippen LogP contribution in [0.25, 0.3) is 0 Å². The number of nitrogens with two attached hydrogens (primary N) is 2. The van der Waals surface area contributed by atoms with Crippen LogP contribution in [0.3, 0.4) is 0 Å². The summed E-state index contributed by atoms with van der Waals surface area (Å²) < 4.78 is 0. The Labute approximate surface area is 50.4 Å². The molecule has 0 fully saturated rings. The fraction of sp³-hybridized carbons (Fsp3) is 0. The first-order valence-electron chi connectivity index (χ1n) is 2.17. The molecule has 0 amide bonds. The lowest BCUT2D eigenvalue weighted by molar-refractivity contribution is 0.111. The van der Waals surface area contributed by atoms with Crippen molar-refractivity contribution in [2.45, 2.75) is 0 Å². The van der Waals surface area contributed by atoms with Crippen molar-refractivity contribution in [3.8, 4) is 0 Å². The molecule has 4 N–H and O–H groups in total. The van der Waals surface area contributed by atoms with E-state index in [0.717, 1.165) is 4.79 Å². The van der Waals surface area contributed by atoms with Gasteiger partial charge >= 0.3 is 0 Å². The molecule has 0 saturated carbocycles. The highest BCUT2D eigenvalue weighted by Crippen LogP contribution is 1.89. The first-order chi connectivity index (χ1) is 4.24. The molecule has 1 rings (SSSR count). The van der Waals surface area contributed by atoms with E-state index in [2.05, 4.69) is 10.1 Å². The standard InChI is InChI=1S/C3H5N5O/c4-3-6-2(1-9)8(5)7-3/h1H,5H2,(H2,4,7). The fourth-order valence-corrected chi connectivity index (χ4v) is 0.433. The summed E-state index contributed by atoms with van der Waals surface area (Å²) in [7, 11) is 0. The molecular weight excluding hydrogens is 122 g/mol. The van der Waals surface area contributed by atoms with Crippen LogP contribution in [0, 0.1) is 0 Å². The minimum absolute atomic E-state index is 0.000370. The van der Waals surface area contributed by atoms with Gasteiger partial charge in [-0.1, -0.05) is 0 Å². The molecule has 0 aliphatic rings. The van der Waals surface area contributed by atoms with Crippen molar-refractivity contribution in [3.63, 3.8) is 0 Å². The molecule has 0 spiro atoms. The molecule has 1 aromatic rings. The zero-order chi connectivity index (χ0) is 6.85. The molecule has 1 heterocycles. The number of hydrogen-bond acceptors (Lipinski definition) is 5. The summed E-state index contributed by atoms with van der Waals surface area (Å²) in [6, 6.07) is 0. The highest BCUT2D eigenvalue weighted by molar-refractivity contribution is 5.69. The highest BCUT2D eigenvalue weighted by Gasteiger charge is 2.00. The van der Waals surface area contributed by atoms with Crippen LogP contribution < -0.4 is 11.6 Å². The van der Waals surface area contributed by atoms with Crippen LogP contribution in [0.2, 0.25) is 0 Å². The first-order valence-corrected chi connectivity index (χ1v) is 2.17. The summed E-state index contributed by atoms with van der Waals surface area (Å²) in [5.41, 5.74) is 5.07. The van der Waals surface area contributed by atoms with Crippen molar-refractivity contribution in [2.75, 3.05) is 11.6 Å². The van der Waals surface area contributed by atoms with Crippen molar-refractivity contribution >= 4 is 12.2 Å². The van der Waals surface area contributed by atoms with Crippen molar-refractivity contribution in [2.24, 2.45) is 0 Å². The van der Waals surface area contributed by atoms with Gasteiger partial charge in [0.25, 0.3) is 0 Å². The number of nitrogens with zero attached hydrogens (tertiary/aromatic N) is 3. The molecule has 6 nitrogen and oxygen atoms in total. The average molecular weight is 127 g/mol. The molecule has 0 atom stereocenters. The number of carbonyl (C=O) groups is 1. The van der Waals surface area contributed by atoms with E-state index in [9.17, 15) is 4.79 Å². The fourth-order valence-electron chi connectivity index (χ4n) is 0.433. The van der Waals surface area contributed by atoms with Crippen molar-refractivity contribution < 1.29 is 4.79 Å². The van der Waals surface area contributed by atoms with Gasteiger partial charge in [0.15, 0.2) is 6.29 Å². The number of carbonyl (C=O) groups excluding carboxylic acids is 1. The predicted molar refractivity (Wildman–Crippen MR) is 30.0 cm³/mol. The van der Waals surface area contributed by atoms with E-state index in [4.69, 9.17) is 11.6 Å². The molecule has 0 aromatic carbocycles. The van der Waals surface area contributed by atoms with Gasteiger partial charge < -0.3 is 11.6 Å². The molecule has 0 radical (unpaired) electrons. The summed E-state index contributed by atoms with van der Waals surface area (Å²) in [6.45, 7) is 0. The quantitative estimate of drug-likeness (QED) is 0.349. The van der Waals surface area contributed by atoms with Gasteiger partial charge in [-0.15, -0.1) is 5.10 Å². The van der Waals surface area contributed by atoms with E-state index < -0.39 is 0 Å². The summed E-state index contributed by atoms with van der Waals surface area (Å²) in [5.74, 6) is 5.10. The van der Waals surface area contributed by atoms with E-state index in [1.807, 2.05) is 0 Å². The SMILES string of the molecule is Nc1nc(C=O)n(N)n1. The highest BCUT2D eigenvalue weighted by atomic mass is 16.1. The Morgan fingerprint density at radius 3 is 2.56 bits per heavy atom. The largest absolute Gasteiger partial charge is 0.366 e. The average Bonchev–Trinajstić information content (AvgIpc) is 2.10. The Hall–Kier alpha value is -1.59. The van der Waals surface area contributed by atoms with Gasteiger partial charge in [0.05, 0.1) is 0 Å². The smallest absolute Gasteiger partial charge is 0.242 e. The van der Waals surface area contributed by atoms with Crippen LogP contribution in [-0.4, -0.2) is 21.2 Å². The van der Waals surface area contributed by atoms with E-state index in [1.165, 1.54) is 0 Å². The summed E-state index contributed by atoms with van der Waals surface area (Å²) in [6.07, 6.45) is 0.476. The summed E-state index contributed by atoms with van der Waals surface area (Å²) in [4.78, 5) is 14.3. The minimum Gasteiger partial charge on any atom is -0.366 e. The van der Waals surface area contributed by atoms with Crippen molar-refractivity contribution in [3.05, 3.63) is 5.82 Å². The van der Waals surface area contributed by atoms with Crippen LogP contribution in [-0.2, 0) is 0 Å². The third kappa shape index (κ3) is 0.809. The van der Waals surface area contributed by atoms with E-state index in [0.29, 0.717) is 6.29 Å². The number of aldehydes is 1. The van der Waals surface area contributed by atoms with Crippen molar-refractivity contribution in [1.29, 1.82) is 0 Å². The lowest BCUT2D eigenvalue weighted by Crippen LogP contribution is -2.13. The zero-order valence-corrected chi connectivity index (χ0v) is 4.48. The molecular formula is C3H5N5O. The predicted octanol–water partition coefficient (Wildman–Crippen LogP) is -1.61. The molecule has 6 heteroatoms. The maximum absolute atomic E-state index is 9.98. The minimum atomic E-state index is -0.000370. The second kappa shape index (κ2) is 1.73. The third-order valence-corrected chi connectivity index (χ3v) is 0.779. The second-order valence-corrected chi connectivity index (χ2v) is 1.39. The maximum Gasteiger partial charge on any atom is 0.242 e. The molecule has 9 heavy (non-hydrogen) atoms. The molecule has 0 unspecified atom stereocenters. The van der Waals surface area contributed by atoms with Gasteiger partial charge in [0, 0.05) is 0 Å². The maximum atomic E-state index is 9.98. The van der Waals surface area contributed by atoms with E-state index in [-0.39, 0.29) is 11.8 Å². The van der Waals surface area contributed by atoms with Gasteiger partial charge in [0.1, 0.15) is 0 Å². The topological polar surface area (TPSA) is 99.8 Å². The molecule has 0 aliphatic carbocycles. The molecule has 0 aliphatic heterocycles. The number of anilines is 1. The monoisotopic (exact) mass is 127 g/mol. The molecule has 1 aromatic heterocycles. The zero-order valence-electron chi connectivity index (χ0n) is 4.48. The van der Waals surface area contributed by atoms with Gasteiger partial charge in [-0.3, -0.25) is 4.79 Å². The van der Waals surface area contributed by atoms with Gasteiger partial charge in [-0.2, -0.15) is 9.77 Å². The number of hydrogen-bond donors (Lipinski definition) is 2. The Kier molecular flexibility index (Phi) is 1.07. The number of aromatic nitrogens is 3. The summed E-state index contributed by atoms with van der Waals surface area (Å²) >= 11 is 0. The van der Waals surface area contributed by atoms with Crippen LogP contribution in [0.5, 0.6) is 0 Å². The molecule has 48 valence electrons. The molecule has 0 saturated heterocycles. The van der Waals surface area contributed by atoms with E-state index in [1.54, 1.807) is 0 Å². The summed E-state index contributed by atoms with van der Waals surface area (Å²) in [5, 5.41) is 3.41. The normalized spacial score (nSPS) is 9.33. The number of rotatable bonds is 1. The Morgan fingerprint density at radius 2 is 2.33 bits per heavy atom. The lowest BCUT2D eigenvalue weighted by atomic mass is 10.7. The Balaban J connectivity index is 3.15. The van der Waals surface area contributed by atoms with Crippen LogP contribution in [0.1, 0.15) is 10.6 Å². The van der Waals surface area contributed by atoms with E-state index >= 15 is 0 Å². The lowest BCUT2D eigenvalue weighted by Gasteiger charge is -1.84. The third-order valence-electron chi connectivity index (χ3n) is 0.779. The van der Waals surface area contributed by atoms with Crippen LogP contribution in [0.4, 0.5) is 5.95 Å². The Bertz CT molecular complexity index is 228. The van der Waals surface area contributed by atoms with Crippen LogP contribution in [0.15, 0.2) is 0 Å². The Morgan fingerprint density at radius 1 is 1.67 bits per heavy atom. The van der Waals surface area contributed by atoms with Gasteiger partial charge in [-0.25, -0.2) is 0 Å². The number of nitrogen functional groups attached to an aromatic ring is 2. The van der Waals surface area contributed by atoms with Crippen molar-refractivity contribution in [1.82, 2.24) is 14.9 Å². The van der Waals surface area contributed by atoms with Crippen LogP contribution >= 0.6 is 0 Å².